The Morgan fingerprint density at radius 2 is 2.05 bits per heavy atom. The topological polar surface area (TPSA) is 18.5 Å². The fraction of sp³-hybridized carbons (Fsp3) is 0.529. The van der Waals surface area contributed by atoms with E-state index in [1.165, 1.54) is 24.8 Å². The molecule has 1 aromatic rings. The Bertz CT molecular complexity index is 353. The van der Waals surface area contributed by atoms with Gasteiger partial charge in [0.05, 0.1) is 0 Å². The van der Waals surface area contributed by atoms with Gasteiger partial charge in [0.25, 0.3) is 0 Å². The molecule has 0 spiro atoms. The first-order valence-electron chi connectivity index (χ1n) is 7.40. The highest BCUT2D eigenvalue weighted by atomic mass is 16.7. The van der Waals surface area contributed by atoms with E-state index in [-0.39, 0.29) is 6.29 Å². The van der Waals surface area contributed by atoms with Crippen molar-refractivity contribution in [1.29, 1.82) is 0 Å². The van der Waals surface area contributed by atoms with Crippen molar-refractivity contribution in [2.75, 3.05) is 13.2 Å². The molecule has 0 amide bonds. The Labute approximate surface area is 116 Å². The van der Waals surface area contributed by atoms with Crippen molar-refractivity contribution in [3.05, 3.63) is 42.0 Å². The minimum Gasteiger partial charge on any atom is -0.353 e. The molecule has 0 saturated carbocycles. The number of hydrogen-bond donors (Lipinski definition) is 0. The second-order valence-electron chi connectivity index (χ2n) is 4.98. The average molecular weight is 260 g/mol. The first kappa shape index (κ1) is 14.3. The number of ether oxygens (including phenoxy) is 2. The minimum absolute atomic E-state index is 0.0635. The highest BCUT2D eigenvalue weighted by Gasteiger charge is 2.12. The lowest BCUT2D eigenvalue weighted by Crippen LogP contribution is -2.22. The van der Waals surface area contributed by atoms with E-state index in [0.29, 0.717) is 0 Å². The molecule has 2 heteroatoms. The predicted octanol–water partition coefficient (Wildman–Crippen LogP) is 4.41. The molecule has 0 N–H and O–H groups in total. The molecule has 2 rings (SSSR count). The van der Waals surface area contributed by atoms with Gasteiger partial charge in [-0.05, 0) is 44.1 Å². The summed E-state index contributed by atoms with van der Waals surface area (Å²) in [5.74, 6) is 0. The Kier molecular flexibility index (Phi) is 6.69. The van der Waals surface area contributed by atoms with Crippen molar-refractivity contribution in [2.24, 2.45) is 0 Å². The third kappa shape index (κ3) is 6.04. The maximum absolute atomic E-state index is 5.70. The standard InChI is InChI=1S/C17H24O2/c1(4-10-16-11-5-3-6-12-16)2-8-14-18-17-13-7-9-15-19-17/h3-6,10-12,17H,1-2,7-9,13-15H2. The van der Waals surface area contributed by atoms with E-state index in [9.17, 15) is 0 Å². The monoisotopic (exact) mass is 260 g/mol. The fourth-order valence-electron chi connectivity index (χ4n) is 2.21. The summed E-state index contributed by atoms with van der Waals surface area (Å²) < 4.78 is 11.2. The Hall–Kier alpha value is -1.12. The highest BCUT2D eigenvalue weighted by Crippen LogP contribution is 2.14. The van der Waals surface area contributed by atoms with Gasteiger partial charge in [-0.25, -0.2) is 0 Å². The van der Waals surface area contributed by atoms with E-state index >= 15 is 0 Å². The molecule has 2 nitrogen and oxygen atoms in total. The molecule has 104 valence electrons. The van der Waals surface area contributed by atoms with Gasteiger partial charge in [0.2, 0.25) is 0 Å². The van der Waals surface area contributed by atoms with Gasteiger partial charge in [-0.3, -0.25) is 0 Å². The van der Waals surface area contributed by atoms with Crippen LogP contribution in [0.15, 0.2) is 36.4 Å². The van der Waals surface area contributed by atoms with Crippen molar-refractivity contribution in [2.45, 2.75) is 44.8 Å². The van der Waals surface area contributed by atoms with Crippen LogP contribution < -0.4 is 0 Å². The van der Waals surface area contributed by atoms with E-state index < -0.39 is 0 Å². The van der Waals surface area contributed by atoms with Crippen molar-refractivity contribution in [3.63, 3.8) is 0 Å². The summed E-state index contributed by atoms with van der Waals surface area (Å²) in [5.41, 5.74) is 1.27. The summed E-state index contributed by atoms with van der Waals surface area (Å²) in [4.78, 5) is 0. The van der Waals surface area contributed by atoms with Gasteiger partial charge in [0, 0.05) is 13.2 Å². The van der Waals surface area contributed by atoms with Gasteiger partial charge in [-0.2, -0.15) is 0 Å². The van der Waals surface area contributed by atoms with Gasteiger partial charge < -0.3 is 9.47 Å². The molecule has 1 unspecified atom stereocenters. The highest BCUT2D eigenvalue weighted by molar-refractivity contribution is 5.48. The maximum atomic E-state index is 5.70. The molecule has 1 aromatic carbocycles. The average Bonchev–Trinajstić information content (AvgIpc) is 2.48. The van der Waals surface area contributed by atoms with E-state index in [4.69, 9.17) is 9.47 Å². The van der Waals surface area contributed by atoms with Gasteiger partial charge in [-0.1, -0.05) is 42.5 Å². The second kappa shape index (κ2) is 8.89. The summed E-state index contributed by atoms with van der Waals surface area (Å²) in [6, 6.07) is 10.4. The van der Waals surface area contributed by atoms with Crippen LogP contribution in [0, 0.1) is 0 Å². The van der Waals surface area contributed by atoms with Crippen LogP contribution in [0.3, 0.4) is 0 Å². The molecule has 1 atom stereocenters. The number of benzene rings is 1. The van der Waals surface area contributed by atoms with Gasteiger partial charge in [0.15, 0.2) is 6.29 Å². The zero-order chi connectivity index (χ0) is 13.2. The van der Waals surface area contributed by atoms with Crippen molar-refractivity contribution < 1.29 is 9.47 Å². The smallest absolute Gasteiger partial charge is 0.157 e. The van der Waals surface area contributed by atoms with Gasteiger partial charge in [-0.15, -0.1) is 0 Å². The first-order chi connectivity index (χ1) is 9.45. The summed E-state index contributed by atoms with van der Waals surface area (Å²) in [7, 11) is 0. The Morgan fingerprint density at radius 1 is 1.16 bits per heavy atom. The van der Waals surface area contributed by atoms with E-state index in [0.717, 1.165) is 32.5 Å². The number of rotatable bonds is 7. The van der Waals surface area contributed by atoms with Crippen LogP contribution in [-0.4, -0.2) is 19.5 Å². The van der Waals surface area contributed by atoms with Crippen LogP contribution in [0.4, 0.5) is 0 Å². The third-order valence-corrected chi connectivity index (χ3v) is 3.32. The first-order valence-corrected chi connectivity index (χ1v) is 7.40. The summed E-state index contributed by atoms with van der Waals surface area (Å²) in [6.07, 6.45) is 11.4. The molecule has 1 aliphatic heterocycles. The van der Waals surface area contributed by atoms with E-state index in [1.54, 1.807) is 0 Å². The Balaban J connectivity index is 1.49. The van der Waals surface area contributed by atoms with Crippen LogP contribution in [0.25, 0.3) is 6.08 Å². The molecule has 0 aliphatic carbocycles. The molecule has 1 aliphatic rings. The van der Waals surface area contributed by atoms with Gasteiger partial charge >= 0.3 is 0 Å². The number of allylic oxidation sites excluding steroid dienone is 1. The molecule has 0 bridgehead atoms. The molecule has 0 aromatic heterocycles. The molecule has 1 heterocycles. The molecular formula is C17H24O2. The van der Waals surface area contributed by atoms with Crippen LogP contribution >= 0.6 is 0 Å². The SMILES string of the molecule is C(=Cc1ccccc1)CCCCOC1CCCCO1. The third-order valence-electron chi connectivity index (χ3n) is 3.32. The van der Waals surface area contributed by atoms with Crippen molar-refractivity contribution in [1.82, 2.24) is 0 Å². The fourth-order valence-corrected chi connectivity index (χ4v) is 2.21. The largest absolute Gasteiger partial charge is 0.353 e. The molecular weight excluding hydrogens is 236 g/mol. The lowest BCUT2D eigenvalue weighted by atomic mass is 10.1. The van der Waals surface area contributed by atoms with E-state index in [2.05, 4.69) is 36.4 Å². The van der Waals surface area contributed by atoms with Crippen molar-refractivity contribution >= 4 is 6.08 Å². The molecule has 1 saturated heterocycles. The van der Waals surface area contributed by atoms with Crippen LogP contribution in [0.2, 0.25) is 0 Å². The predicted molar refractivity (Wildman–Crippen MR) is 78.9 cm³/mol. The normalized spacial score (nSPS) is 19.9. The molecule has 1 fully saturated rings. The molecule has 0 radical (unpaired) electrons. The summed E-state index contributed by atoms with van der Waals surface area (Å²) in [6.45, 7) is 1.69. The zero-order valence-electron chi connectivity index (χ0n) is 11.6. The van der Waals surface area contributed by atoms with Gasteiger partial charge in [0.1, 0.15) is 0 Å². The number of unbranched alkanes of at least 4 members (excludes halogenated alkanes) is 2. The minimum atomic E-state index is 0.0635. The van der Waals surface area contributed by atoms with Crippen LogP contribution in [0.5, 0.6) is 0 Å². The zero-order valence-corrected chi connectivity index (χ0v) is 11.6. The van der Waals surface area contributed by atoms with Crippen LogP contribution in [0.1, 0.15) is 44.1 Å². The quantitative estimate of drug-likeness (QED) is 0.676. The Morgan fingerprint density at radius 3 is 2.84 bits per heavy atom. The maximum Gasteiger partial charge on any atom is 0.157 e. The second-order valence-corrected chi connectivity index (χ2v) is 4.98. The lowest BCUT2D eigenvalue weighted by Gasteiger charge is -2.22. The van der Waals surface area contributed by atoms with Crippen molar-refractivity contribution in [3.8, 4) is 0 Å². The van der Waals surface area contributed by atoms with E-state index in [1.807, 2.05) is 6.07 Å². The lowest BCUT2D eigenvalue weighted by molar-refractivity contribution is -0.162. The summed E-state index contributed by atoms with van der Waals surface area (Å²) in [5, 5.41) is 0. The summed E-state index contributed by atoms with van der Waals surface area (Å²) >= 11 is 0. The van der Waals surface area contributed by atoms with Crippen LogP contribution in [-0.2, 0) is 9.47 Å². The number of hydrogen-bond acceptors (Lipinski definition) is 2. The molecule has 19 heavy (non-hydrogen) atoms.